The molecule has 0 unspecified atom stereocenters. The molecule has 0 fully saturated rings. The fourth-order valence-corrected chi connectivity index (χ4v) is 1.47. The summed E-state index contributed by atoms with van der Waals surface area (Å²) in [4.78, 5) is 4.00. The van der Waals surface area contributed by atoms with Gasteiger partial charge in [0.2, 0.25) is 5.88 Å². The molecule has 1 aromatic carbocycles. The lowest BCUT2D eigenvalue weighted by atomic mass is 10.2. The van der Waals surface area contributed by atoms with E-state index >= 15 is 0 Å². The Morgan fingerprint density at radius 1 is 1.35 bits per heavy atom. The van der Waals surface area contributed by atoms with Crippen molar-refractivity contribution in [3.8, 4) is 11.6 Å². The molecule has 0 spiro atoms. The summed E-state index contributed by atoms with van der Waals surface area (Å²) < 4.78 is 18.3. The van der Waals surface area contributed by atoms with Gasteiger partial charge in [-0.15, -0.1) is 0 Å². The standard InChI is InChI=1S/C12H10ClFN2O/c1-7-4-12(16-6-10(7)15)17-11-3-2-8(14)5-9(11)13/h2-6H,15H2,1H3. The van der Waals surface area contributed by atoms with E-state index in [1.54, 1.807) is 6.07 Å². The van der Waals surface area contributed by atoms with Crippen molar-refractivity contribution in [1.82, 2.24) is 4.98 Å². The van der Waals surface area contributed by atoms with Crippen LogP contribution in [0, 0.1) is 12.7 Å². The van der Waals surface area contributed by atoms with Crippen molar-refractivity contribution in [2.45, 2.75) is 6.92 Å². The highest BCUT2D eigenvalue weighted by atomic mass is 35.5. The van der Waals surface area contributed by atoms with Gasteiger partial charge in [0.05, 0.1) is 16.9 Å². The molecule has 17 heavy (non-hydrogen) atoms. The first-order valence-corrected chi connectivity index (χ1v) is 5.29. The van der Waals surface area contributed by atoms with Crippen LogP contribution in [0.25, 0.3) is 0 Å². The van der Waals surface area contributed by atoms with E-state index in [1.807, 2.05) is 6.92 Å². The van der Waals surface area contributed by atoms with Crippen molar-refractivity contribution < 1.29 is 9.13 Å². The van der Waals surface area contributed by atoms with E-state index in [1.165, 1.54) is 24.4 Å². The van der Waals surface area contributed by atoms with Gasteiger partial charge >= 0.3 is 0 Å². The Morgan fingerprint density at radius 3 is 2.76 bits per heavy atom. The van der Waals surface area contributed by atoms with E-state index in [-0.39, 0.29) is 5.02 Å². The van der Waals surface area contributed by atoms with Crippen molar-refractivity contribution in [2.75, 3.05) is 5.73 Å². The predicted molar refractivity (Wildman–Crippen MR) is 64.9 cm³/mol. The summed E-state index contributed by atoms with van der Waals surface area (Å²) in [5.41, 5.74) is 7.08. The van der Waals surface area contributed by atoms with Gasteiger partial charge in [-0.25, -0.2) is 9.37 Å². The van der Waals surface area contributed by atoms with Crippen LogP contribution < -0.4 is 10.5 Å². The van der Waals surface area contributed by atoms with Crippen LogP contribution in [0.15, 0.2) is 30.5 Å². The minimum Gasteiger partial charge on any atom is -0.437 e. The van der Waals surface area contributed by atoms with Gasteiger partial charge in [-0.1, -0.05) is 11.6 Å². The van der Waals surface area contributed by atoms with E-state index in [0.29, 0.717) is 17.3 Å². The third-order valence-electron chi connectivity index (χ3n) is 2.23. The summed E-state index contributed by atoms with van der Waals surface area (Å²) in [6.45, 7) is 1.84. The molecule has 0 aliphatic rings. The van der Waals surface area contributed by atoms with Gasteiger partial charge in [0.25, 0.3) is 0 Å². The Hall–Kier alpha value is -1.81. The Morgan fingerprint density at radius 2 is 2.12 bits per heavy atom. The molecule has 1 heterocycles. The highest BCUT2D eigenvalue weighted by Crippen LogP contribution is 2.29. The number of nitrogen functional groups attached to an aromatic ring is 1. The number of ether oxygens (including phenoxy) is 1. The maximum absolute atomic E-state index is 12.8. The number of aromatic nitrogens is 1. The number of anilines is 1. The van der Waals surface area contributed by atoms with E-state index in [0.717, 1.165) is 5.56 Å². The average molecular weight is 253 g/mol. The Balaban J connectivity index is 2.28. The van der Waals surface area contributed by atoms with Gasteiger partial charge in [0.1, 0.15) is 11.6 Å². The van der Waals surface area contributed by atoms with Crippen molar-refractivity contribution in [3.63, 3.8) is 0 Å². The molecule has 0 radical (unpaired) electrons. The number of benzene rings is 1. The Labute approximate surface area is 103 Å². The number of rotatable bonds is 2. The molecule has 88 valence electrons. The molecule has 0 aliphatic heterocycles. The minimum atomic E-state index is -0.413. The maximum Gasteiger partial charge on any atom is 0.219 e. The number of hydrogen-bond donors (Lipinski definition) is 1. The van der Waals surface area contributed by atoms with Crippen LogP contribution in [-0.4, -0.2) is 4.98 Å². The second-order valence-corrected chi connectivity index (χ2v) is 3.96. The molecule has 2 N–H and O–H groups in total. The van der Waals surface area contributed by atoms with Crippen molar-refractivity contribution in [1.29, 1.82) is 0 Å². The van der Waals surface area contributed by atoms with Crippen molar-refractivity contribution in [3.05, 3.63) is 46.9 Å². The third-order valence-corrected chi connectivity index (χ3v) is 2.53. The minimum absolute atomic E-state index is 0.196. The lowest BCUT2D eigenvalue weighted by Crippen LogP contribution is -1.94. The van der Waals surface area contributed by atoms with Gasteiger partial charge in [-0.3, -0.25) is 0 Å². The van der Waals surface area contributed by atoms with Crippen LogP contribution >= 0.6 is 11.6 Å². The summed E-state index contributed by atoms with van der Waals surface area (Å²) in [6, 6.07) is 5.59. The molecule has 0 amide bonds. The largest absolute Gasteiger partial charge is 0.437 e. The smallest absolute Gasteiger partial charge is 0.219 e. The zero-order chi connectivity index (χ0) is 12.4. The summed E-state index contributed by atoms with van der Waals surface area (Å²) in [7, 11) is 0. The molecule has 0 bridgehead atoms. The highest BCUT2D eigenvalue weighted by molar-refractivity contribution is 6.32. The number of nitrogens with two attached hydrogens (primary N) is 1. The van der Waals surface area contributed by atoms with Gasteiger partial charge in [-0.2, -0.15) is 0 Å². The topological polar surface area (TPSA) is 48.1 Å². The fourth-order valence-electron chi connectivity index (χ4n) is 1.27. The molecule has 5 heteroatoms. The average Bonchev–Trinajstić information content (AvgIpc) is 2.27. The monoisotopic (exact) mass is 252 g/mol. The molecule has 3 nitrogen and oxygen atoms in total. The predicted octanol–water partition coefficient (Wildman–Crippen LogP) is 3.56. The summed E-state index contributed by atoms with van der Waals surface area (Å²) in [5, 5.41) is 0.196. The van der Waals surface area contributed by atoms with Crippen LogP contribution in [0.1, 0.15) is 5.56 Å². The molecule has 2 aromatic rings. The first-order chi connectivity index (χ1) is 8.06. The summed E-state index contributed by atoms with van der Waals surface area (Å²) in [5.74, 6) is 0.304. The molecule has 0 saturated carbocycles. The number of aryl methyl sites for hydroxylation is 1. The van der Waals surface area contributed by atoms with Gasteiger partial charge in [0.15, 0.2) is 0 Å². The van der Waals surface area contributed by atoms with E-state index in [4.69, 9.17) is 22.1 Å². The molecular formula is C12H10ClFN2O. The molecule has 0 aliphatic carbocycles. The Bertz CT molecular complexity index is 560. The maximum atomic E-state index is 12.8. The normalized spacial score (nSPS) is 10.3. The SMILES string of the molecule is Cc1cc(Oc2ccc(F)cc2Cl)ncc1N. The van der Waals surface area contributed by atoms with Crippen LogP contribution in [0.4, 0.5) is 10.1 Å². The van der Waals surface area contributed by atoms with Gasteiger partial charge < -0.3 is 10.5 Å². The van der Waals surface area contributed by atoms with E-state index in [9.17, 15) is 4.39 Å². The first kappa shape index (κ1) is 11.7. The first-order valence-electron chi connectivity index (χ1n) is 4.91. The van der Waals surface area contributed by atoms with Crippen LogP contribution in [-0.2, 0) is 0 Å². The lowest BCUT2D eigenvalue weighted by molar-refractivity contribution is 0.461. The van der Waals surface area contributed by atoms with Gasteiger partial charge in [-0.05, 0) is 30.7 Å². The van der Waals surface area contributed by atoms with Crippen molar-refractivity contribution >= 4 is 17.3 Å². The molecule has 1 aromatic heterocycles. The Kier molecular flexibility index (Phi) is 3.15. The number of nitrogens with zero attached hydrogens (tertiary/aromatic N) is 1. The molecular weight excluding hydrogens is 243 g/mol. The fraction of sp³-hybridized carbons (Fsp3) is 0.0833. The summed E-state index contributed by atoms with van der Waals surface area (Å²) >= 11 is 5.83. The zero-order valence-corrected chi connectivity index (χ0v) is 9.83. The molecule has 0 saturated heterocycles. The number of hydrogen-bond acceptors (Lipinski definition) is 3. The number of halogens is 2. The molecule has 0 atom stereocenters. The van der Waals surface area contributed by atoms with Crippen LogP contribution in [0.3, 0.4) is 0 Å². The molecule has 2 rings (SSSR count). The van der Waals surface area contributed by atoms with Crippen LogP contribution in [0.5, 0.6) is 11.6 Å². The van der Waals surface area contributed by atoms with E-state index < -0.39 is 5.82 Å². The van der Waals surface area contributed by atoms with E-state index in [2.05, 4.69) is 4.98 Å². The second kappa shape index (κ2) is 4.59. The highest BCUT2D eigenvalue weighted by Gasteiger charge is 2.06. The lowest BCUT2D eigenvalue weighted by Gasteiger charge is -2.08. The zero-order valence-electron chi connectivity index (χ0n) is 9.08. The second-order valence-electron chi connectivity index (χ2n) is 3.56. The quantitative estimate of drug-likeness (QED) is 0.889. The number of pyridine rings is 1. The summed E-state index contributed by atoms with van der Waals surface area (Å²) in [6.07, 6.45) is 1.50. The van der Waals surface area contributed by atoms with Gasteiger partial charge in [0, 0.05) is 6.07 Å². The van der Waals surface area contributed by atoms with Crippen molar-refractivity contribution in [2.24, 2.45) is 0 Å². The van der Waals surface area contributed by atoms with Crippen LogP contribution in [0.2, 0.25) is 5.02 Å². The third kappa shape index (κ3) is 2.65.